The van der Waals surface area contributed by atoms with Crippen molar-refractivity contribution >= 4 is 35.8 Å². The molecule has 0 saturated carbocycles. The molecular formula is C22H29IN4O2. The second-order valence-corrected chi connectivity index (χ2v) is 6.83. The first kappa shape index (κ1) is 23.0. The Morgan fingerprint density at radius 1 is 1.10 bits per heavy atom. The summed E-state index contributed by atoms with van der Waals surface area (Å²) in [6, 6.07) is 16.2. The molecule has 0 bridgehead atoms. The Bertz CT molecular complexity index is 816. The smallest absolute Gasteiger partial charge is 0.223 e. The van der Waals surface area contributed by atoms with E-state index in [-0.39, 0.29) is 29.9 Å². The predicted molar refractivity (Wildman–Crippen MR) is 127 cm³/mol. The molecule has 156 valence electrons. The standard InChI is InChI=1S/C22H28N4O2.HI/c1-23-22(25-14-17-7-5-10-20(13-17)28-2)24-12-6-11-21(27)26-15-18-8-3-4-9-19(18)16-26;/h3-5,7-10,13H,6,11-12,14-16H2,1-2H3,(H2,23,24,25);1H. The van der Waals surface area contributed by atoms with Gasteiger partial charge in [-0.2, -0.15) is 0 Å². The average molecular weight is 508 g/mol. The van der Waals surface area contributed by atoms with Gasteiger partial charge in [-0.15, -0.1) is 24.0 Å². The Morgan fingerprint density at radius 3 is 2.48 bits per heavy atom. The number of carbonyl (C=O) groups excluding carboxylic acids is 1. The maximum Gasteiger partial charge on any atom is 0.223 e. The van der Waals surface area contributed by atoms with Gasteiger partial charge in [0.1, 0.15) is 5.75 Å². The molecular weight excluding hydrogens is 479 g/mol. The summed E-state index contributed by atoms with van der Waals surface area (Å²) in [4.78, 5) is 18.6. The lowest BCUT2D eigenvalue weighted by Crippen LogP contribution is -2.37. The number of methoxy groups -OCH3 is 1. The van der Waals surface area contributed by atoms with Crippen molar-refractivity contribution in [1.29, 1.82) is 0 Å². The zero-order valence-electron chi connectivity index (χ0n) is 17.0. The quantitative estimate of drug-likeness (QED) is 0.261. The van der Waals surface area contributed by atoms with Crippen molar-refractivity contribution in [3.8, 4) is 5.75 Å². The highest BCUT2D eigenvalue weighted by atomic mass is 127. The summed E-state index contributed by atoms with van der Waals surface area (Å²) < 4.78 is 5.24. The van der Waals surface area contributed by atoms with Crippen LogP contribution in [0, 0.1) is 0 Å². The van der Waals surface area contributed by atoms with Crippen LogP contribution >= 0.6 is 24.0 Å². The molecule has 2 N–H and O–H groups in total. The maximum absolute atomic E-state index is 12.4. The first-order valence-electron chi connectivity index (χ1n) is 9.61. The number of hydrogen-bond acceptors (Lipinski definition) is 3. The minimum atomic E-state index is 0. The highest BCUT2D eigenvalue weighted by molar-refractivity contribution is 14.0. The molecule has 1 aliphatic rings. The van der Waals surface area contributed by atoms with Crippen LogP contribution in [-0.2, 0) is 24.4 Å². The Labute approximate surface area is 189 Å². The molecule has 0 spiro atoms. The lowest BCUT2D eigenvalue weighted by atomic mass is 10.1. The molecule has 2 aromatic carbocycles. The van der Waals surface area contributed by atoms with E-state index in [2.05, 4.69) is 27.8 Å². The summed E-state index contributed by atoms with van der Waals surface area (Å²) in [7, 11) is 3.41. The number of fused-ring (bicyclic) bond motifs is 1. The minimum Gasteiger partial charge on any atom is -0.497 e. The fourth-order valence-electron chi connectivity index (χ4n) is 3.30. The molecule has 1 aliphatic heterocycles. The Kier molecular flexibility index (Phi) is 9.24. The molecule has 1 heterocycles. The van der Waals surface area contributed by atoms with E-state index in [0.29, 0.717) is 19.5 Å². The van der Waals surface area contributed by atoms with Crippen molar-refractivity contribution in [2.75, 3.05) is 20.7 Å². The Balaban J connectivity index is 0.00000300. The van der Waals surface area contributed by atoms with Gasteiger partial charge in [0.15, 0.2) is 5.96 Å². The van der Waals surface area contributed by atoms with E-state index in [0.717, 1.165) is 36.8 Å². The van der Waals surface area contributed by atoms with Crippen LogP contribution < -0.4 is 15.4 Å². The van der Waals surface area contributed by atoms with Crippen LogP contribution in [0.1, 0.15) is 29.5 Å². The molecule has 0 unspecified atom stereocenters. The van der Waals surface area contributed by atoms with Crippen molar-refractivity contribution in [3.63, 3.8) is 0 Å². The number of amides is 1. The number of nitrogens with zero attached hydrogens (tertiary/aromatic N) is 2. The van der Waals surface area contributed by atoms with Crippen molar-refractivity contribution in [2.24, 2.45) is 4.99 Å². The van der Waals surface area contributed by atoms with Gasteiger partial charge in [-0.25, -0.2) is 0 Å². The van der Waals surface area contributed by atoms with Gasteiger partial charge in [-0.05, 0) is 35.2 Å². The van der Waals surface area contributed by atoms with Gasteiger partial charge in [-0.3, -0.25) is 9.79 Å². The number of halogens is 1. The molecule has 0 aromatic heterocycles. The molecule has 0 aliphatic carbocycles. The monoisotopic (exact) mass is 508 g/mol. The zero-order chi connectivity index (χ0) is 19.8. The molecule has 0 saturated heterocycles. The second kappa shape index (κ2) is 11.6. The van der Waals surface area contributed by atoms with Crippen molar-refractivity contribution < 1.29 is 9.53 Å². The van der Waals surface area contributed by atoms with Gasteiger partial charge in [0.2, 0.25) is 5.91 Å². The third-order valence-electron chi connectivity index (χ3n) is 4.87. The molecule has 7 heteroatoms. The number of rotatable bonds is 7. The third kappa shape index (κ3) is 6.62. The number of hydrogen-bond donors (Lipinski definition) is 2. The van der Waals surface area contributed by atoms with Crippen LogP contribution in [0.25, 0.3) is 0 Å². The van der Waals surface area contributed by atoms with E-state index in [1.165, 1.54) is 11.1 Å². The molecule has 6 nitrogen and oxygen atoms in total. The molecule has 29 heavy (non-hydrogen) atoms. The van der Waals surface area contributed by atoms with Crippen molar-refractivity contribution in [1.82, 2.24) is 15.5 Å². The average Bonchev–Trinajstić information content (AvgIpc) is 3.17. The van der Waals surface area contributed by atoms with Crippen LogP contribution in [0.4, 0.5) is 0 Å². The molecule has 2 aromatic rings. The number of carbonyl (C=O) groups is 1. The van der Waals surface area contributed by atoms with E-state index in [4.69, 9.17) is 4.74 Å². The first-order valence-corrected chi connectivity index (χ1v) is 9.61. The van der Waals surface area contributed by atoms with Crippen LogP contribution in [0.3, 0.4) is 0 Å². The number of ether oxygens (including phenoxy) is 1. The molecule has 1 amide bonds. The van der Waals surface area contributed by atoms with E-state index in [1.54, 1.807) is 14.2 Å². The Morgan fingerprint density at radius 2 is 1.83 bits per heavy atom. The lowest BCUT2D eigenvalue weighted by Gasteiger charge is -2.16. The highest BCUT2D eigenvalue weighted by Gasteiger charge is 2.22. The summed E-state index contributed by atoms with van der Waals surface area (Å²) in [6.07, 6.45) is 1.30. The van der Waals surface area contributed by atoms with Crippen LogP contribution in [0.5, 0.6) is 5.75 Å². The SMILES string of the molecule is CN=C(NCCCC(=O)N1Cc2ccccc2C1)NCc1cccc(OC)c1.I. The normalized spacial score (nSPS) is 12.8. The van der Waals surface area contributed by atoms with Gasteiger partial charge in [-0.1, -0.05) is 36.4 Å². The number of guanidine groups is 1. The summed E-state index contributed by atoms with van der Waals surface area (Å²) in [5.74, 6) is 1.77. The minimum absolute atomic E-state index is 0. The molecule has 0 radical (unpaired) electrons. The summed E-state index contributed by atoms with van der Waals surface area (Å²) in [5, 5.41) is 6.55. The topological polar surface area (TPSA) is 66.0 Å². The maximum atomic E-state index is 12.4. The van der Waals surface area contributed by atoms with E-state index < -0.39 is 0 Å². The van der Waals surface area contributed by atoms with Crippen molar-refractivity contribution in [3.05, 3.63) is 65.2 Å². The molecule has 0 atom stereocenters. The number of aliphatic imine (C=N–C) groups is 1. The molecule has 0 fully saturated rings. The fourth-order valence-corrected chi connectivity index (χ4v) is 3.30. The Hall–Kier alpha value is -2.29. The molecule has 3 rings (SSSR count). The lowest BCUT2D eigenvalue weighted by molar-refractivity contribution is -0.131. The summed E-state index contributed by atoms with van der Waals surface area (Å²) >= 11 is 0. The van der Waals surface area contributed by atoms with E-state index in [9.17, 15) is 4.79 Å². The number of nitrogens with one attached hydrogen (secondary N) is 2. The number of benzene rings is 2. The highest BCUT2D eigenvalue weighted by Crippen LogP contribution is 2.22. The van der Waals surface area contributed by atoms with E-state index in [1.807, 2.05) is 41.3 Å². The third-order valence-corrected chi connectivity index (χ3v) is 4.87. The van der Waals surface area contributed by atoms with Gasteiger partial charge in [0, 0.05) is 39.6 Å². The van der Waals surface area contributed by atoms with Gasteiger partial charge in [0.05, 0.1) is 7.11 Å². The summed E-state index contributed by atoms with van der Waals surface area (Å²) in [6.45, 7) is 2.81. The van der Waals surface area contributed by atoms with Gasteiger partial charge >= 0.3 is 0 Å². The van der Waals surface area contributed by atoms with Crippen molar-refractivity contribution in [2.45, 2.75) is 32.5 Å². The van der Waals surface area contributed by atoms with Crippen LogP contribution in [0.2, 0.25) is 0 Å². The van der Waals surface area contributed by atoms with Crippen LogP contribution in [0.15, 0.2) is 53.5 Å². The summed E-state index contributed by atoms with van der Waals surface area (Å²) in [5.41, 5.74) is 3.64. The van der Waals surface area contributed by atoms with Crippen LogP contribution in [-0.4, -0.2) is 37.5 Å². The zero-order valence-corrected chi connectivity index (χ0v) is 19.3. The predicted octanol–water partition coefficient (Wildman–Crippen LogP) is 3.30. The fraction of sp³-hybridized carbons (Fsp3) is 0.364. The van der Waals surface area contributed by atoms with E-state index >= 15 is 0 Å². The van der Waals surface area contributed by atoms with Gasteiger partial charge < -0.3 is 20.3 Å². The largest absolute Gasteiger partial charge is 0.497 e. The second-order valence-electron chi connectivity index (χ2n) is 6.83. The van der Waals surface area contributed by atoms with Gasteiger partial charge in [0.25, 0.3) is 0 Å². The first-order chi connectivity index (χ1) is 13.7.